The predicted molar refractivity (Wildman–Crippen MR) is 95.8 cm³/mol. The second kappa shape index (κ2) is 6.29. The molecule has 3 heterocycles. The van der Waals surface area contributed by atoms with Gasteiger partial charge in [0.2, 0.25) is 5.43 Å². The van der Waals surface area contributed by atoms with Crippen LogP contribution >= 0.6 is 11.3 Å². The van der Waals surface area contributed by atoms with E-state index in [4.69, 9.17) is 4.42 Å². The van der Waals surface area contributed by atoms with E-state index in [-0.39, 0.29) is 11.0 Å². The maximum absolute atomic E-state index is 12.4. The van der Waals surface area contributed by atoms with E-state index >= 15 is 0 Å². The summed E-state index contributed by atoms with van der Waals surface area (Å²) in [7, 11) is 0. The second-order valence-corrected chi connectivity index (χ2v) is 6.07. The fraction of sp³-hybridized carbons (Fsp3) is 0. The summed E-state index contributed by atoms with van der Waals surface area (Å²) >= 11 is 1.27. The summed E-state index contributed by atoms with van der Waals surface area (Å²) < 4.78 is 5.37. The Hall–Kier alpha value is -3.32. The van der Waals surface area contributed by atoms with Crippen LogP contribution in [0, 0.1) is 0 Å². The first kappa shape index (κ1) is 15.2. The summed E-state index contributed by atoms with van der Waals surface area (Å²) in [4.78, 5) is 33.2. The number of fused-ring (bicyclic) bond motifs is 1. The highest BCUT2D eigenvalue weighted by atomic mass is 32.1. The summed E-state index contributed by atoms with van der Waals surface area (Å²) in [6.45, 7) is 0. The first-order valence-corrected chi connectivity index (χ1v) is 8.28. The number of amides is 1. The number of hydrogen-bond donors (Lipinski definition) is 1. The highest BCUT2D eigenvalue weighted by Gasteiger charge is 2.16. The van der Waals surface area contributed by atoms with Gasteiger partial charge in [0, 0.05) is 23.3 Å². The van der Waals surface area contributed by atoms with Crippen LogP contribution in [-0.4, -0.2) is 15.9 Å². The van der Waals surface area contributed by atoms with Crippen LogP contribution in [0.3, 0.4) is 0 Å². The van der Waals surface area contributed by atoms with E-state index in [9.17, 15) is 9.59 Å². The van der Waals surface area contributed by atoms with Crippen molar-refractivity contribution in [2.45, 2.75) is 0 Å². The van der Waals surface area contributed by atoms with Crippen molar-refractivity contribution >= 4 is 33.3 Å². The third-order valence-corrected chi connectivity index (χ3v) is 4.36. The van der Waals surface area contributed by atoms with Crippen molar-refractivity contribution in [3.05, 3.63) is 76.2 Å². The Morgan fingerprint density at radius 2 is 2.04 bits per heavy atom. The highest BCUT2D eigenvalue weighted by molar-refractivity contribution is 7.14. The number of para-hydroxylation sites is 1. The van der Waals surface area contributed by atoms with E-state index in [1.54, 1.807) is 36.7 Å². The van der Waals surface area contributed by atoms with Crippen molar-refractivity contribution in [3.63, 3.8) is 0 Å². The molecule has 0 aliphatic heterocycles. The minimum absolute atomic E-state index is 0.0585. The molecule has 0 radical (unpaired) electrons. The molecular formula is C18H11N3O3S. The summed E-state index contributed by atoms with van der Waals surface area (Å²) in [6, 6.07) is 10.5. The minimum Gasteiger partial charge on any atom is -0.463 e. The molecule has 3 aromatic heterocycles. The van der Waals surface area contributed by atoms with Crippen molar-refractivity contribution in [1.29, 1.82) is 0 Å². The van der Waals surface area contributed by atoms with Gasteiger partial charge in [0.25, 0.3) is 5.91 Å². The van der Waals surface area contributed by atoms with Gasteiger partial charge in [-0.2, -0.15) is 0 Å². The van der Waals surface area contributed by atoms with Gasteiger partial charge in [-0.3, -0.25) is 19.9 Å². The molecule has 7 heteroatoms. The molecule has 0 saturated carbocycles. The van der Waals surface area contributed by atoms with Crippen molar-refractivity contribution < 1.29 is 9.21 Å². The molecule has 1 N–H and O–H groups in total. The molecule has 1 amide bonds. The molecule has 0 fully saturated rings. The number of nitrogens with zero attached hydrogens (tertiary/aromatic N) is 2. The van der Waals surface area contributed by atoms with Crippen LogP contribution in [0.1, 0.15) is 10.4 Å². The van der Waals surface area contributed by atoms with Crippen LogP contribution in [0.15, 0.2) is 69.6 Å². The smallest absolute Gasteiger partial charge is 0.264 e. The number of nitrogens with one attached hydrogen (secondary N) is 1. The zero-order valence-corrected chi connectivity index (χ0v) is 13.6. The highest BCUT2D eigenvalue weighted by Crippen LogP contribution is 2.24. The lowest BCUT2D eigenvalue weighted by atomic mass is 10.1. The molecule has 0 spiro atoms. The maximum atomic E-state index is 12.4. The van der Waals surface area contributed by atoms with Crippen LogP contribution in [0.25, 0.3) is 22.2 Å². The summed E-state index contributed by atoms with van der Waals surface area (Å²) in [5.41, 5.74) is 1.57. The fourth-order valence-corrected chi connectivity index (χ4v) is 3.09. The van der Waals surface area contributed by atoms with Gasteiger partial charge in [-0.1, -0.05) is 12.1 Å². The maximum Gasteiger partial charge on any atom is 0.264 e. The first-order chi connectivity index (χ1) is 12.2. The number of rotatable bonds is 3. The normalized spacial score (nSPS) is 10.7. The average Bonchev–Trinajstić information content (AvgIpc) is 3.11. The molecule has 0 atom stereocenters. The van der Waals surface area contributed by atoms with Gasteiger partial charge in [0.1, 0.15) is 17.4 Å². The van der Waals surface area contributed by atoms with Crippen LogP contribution in [0.4, 0.5) is 5.13 Å². The fourth-order valence-electron chi connectivity index (χ4n) is 2.38. The second-order valence-electron chi connectivity index (χ2n) is 5.21. The lowest BCUT2D eigenvalue weighted by Gasteiger charge is -2.02. The van der Waals surface area contributed by atoms with Crippen molar-refractivity contribution in [2.24, 2.45) is 0 Å². The van der Waals surface area contributed by atoms with Crippen LogP contribution < -0.4 is 10.7 Å². The predicted octanol–water partition coefficient (Wildman–Crippen LogP) is 3.56. The van der Waals surface area contributed by atoms with Crippen LogP contribution in [0.5, 0.6) is 0 Å². The van der Waals surface area contributed by atoms with E-state index in [1.807, 2.05) is 17.5 Å². The number of anilines is 1. The molecule has 4 rings (SSSR count). The van der Waals surface area contributed by atoms with Gasteiger partial charge in [-0.05, 0) is 24.3 Å². The summed E-state index contributed by atoms with van der Waals surface area (Å²) in [5.74, 6) is -0.549. The number of pyridine rings is 1. The third-order valence-electron chi connectivity index (χ3n) is 3.61. The van der Waals surface area contributed by atoms with E-state index < -0.39 is 5.91 Å². The summed E-state index contributed by atoms with van der Waals surface area (Å²) in [6.07, 6.45) is 4.55. The molecule has 122 valence electrons. The number of carbonyl (C=O) groups is 1. The Kier molecular flexibility index (Phi) is 3.83. The quantitative estimate of drug-likeness (QED) is 0.611. The zero-order chi connectivity index (χ0) is 17.2. The van der Waals surface area contributed by atoms with E-state index in [0.717, 1.165) is 5.56 Å². The molecule has 25 heavy (non-hydrogen) atoms. The number of benzene rings is 1. The number of thiazole rings is 1. The van der Waals surface area contributed by atoms with Gasteiger partial charge in [-0.25, -0.2) is 4.98 Å². The van der Waals surface area contributed by atoms with E-state index in [0.29, 0.717) is 21.8 Å². The van der Waals surface area contributed by atoms with E-state index in [2.05, 4.69) is 15.3 Å². The Bertz CT molecular complexity index is 1120. The van der Waals surface area contributed by atoms with Crippen LogP contribution in [0.2, 0.25) is 0 Å². The number of aromatic nitrogens is 2. The van der Waals surface area contributed by atoms with Gasteiger partial charge >= 0.3 is 0 Å². The molecule has 4 aromatic rings. The number of carbonyl (C=O) groups excluding carboxylic acids is 1. The first-order valence-electron chi connectivity index (χ1n) is 7.40. The zero-order valence-electron chi connectivity index (χ0n) is 12.8. The Morgan fingerprint density at radius 1 is 1.16 bits per heavy atom. The Balaban J connectivity index is 1.62. The lowest BCUT2D eigenvalue weighted by Crippen LogP contribution is -2.21. The minimum atomic E-state index is -0.549. The van der Waals surface area contributed by atoms with Crippen molar-refractivity contribution in [3.8, 4) is 11.3 Å². The van der Waals surface area contributed by atoms with Crippen molar-refractivity contribution in [1.82, 2.24) is 9.97 Å². The molecule has 0 aliphatic rings. The van der Waals surface area contributed by atoms with Crippen molar-refractivity contribution in [2.75, 3.05) is 5.32 Å². The Morgan fingerprint density at radius 3 is 2.88 bits per heavy atom. The Labute approximate surface area is 145 Å². The van der Waals surface area contributed by atoms with Gasteiger partial charge in [-0.15, -0.1) is 11.3 Å². The molecular weight excluding hydrogens is 338 g/mol. The number of hydrogen-bond acceptors (Lipinski definition) is 6. The molecule has 0 saturated heterocycles. The third kappa shape index (κ3) is 2.92. The van der Waals surface area contributed by atoms with Crippen LogP contribution in [-0.2, 0) is 0 Å². The van der Waals surface area contributed by atoms with Gasteiger partial charge < -0.3 is 4.42 Å². The molecule has 6 nitrogen and oxygen atoms in total. The summed E-state index contributed by atoms with van der Waals surface area (Å²) in [5, 5.41) is 5.22. The molecule has 0 aliphatic carbocycles. The topological polar surface area (TPSA) is 85.1 Å². The molecule has 0 unspecified atom stereocenters. The van der Waals surface area contributed by atoms with Gasteiger partial charge in [0.05, 0.1) is 11.1 Å². The molecule has 1 aromatic carbocycles. The lowest BCUT2D eigenvalue weighted by molar-refractivity contribution is 0.102. The van der Waals surface area contributed by atoms with Gasteiger partial charge in [0.15, 0.2) is 5.13 Å². The monoisotopic (exact) mass is 349 g/mol. The molecule has 0 bridgehead atoms. The van der Waals surface area contributed by atoms with E-state index in [1.165, 1.54) is 17.6 Å². The largest absolute Gasteiger partial charge is 0.463 e. The average molecular weight is 349 g/mol. The SMILES string of the molecule is O=C(Nc1nc(-c2cccnc2)cs1)c1coc2ccccc2c1=O. The standard InChI is InChI=1S/C18H11N3O3S/c22-16-12-5-1-2-6-15(12)24-9-13(16)17(23)21-18-20-14(10-25-18)11-4-3-7-19-8-11/h1-10H,(H,20,21,23).